The van der Waals surface area contributed by atoms with Gasteiger partial charge < -0.3 is 9.22 Å². The second-order valence-corrected chi connectivity index (χ2v) is 10.9. The summed E-state index contributed by atoms with van der Waals surface area (Å²) < 4.78 is 37.8. The third-order valence-electron chi connectivity index (χ3n) is 5.22. The number of likely N-dealkylation sites (N-methyl/N-ethyl adjacent to an activating group) is 1. The molecule has 0 aliphatic heterocycles. The molecule has 1 aromatic rings. The van der Waals surface area contributed by atoms with Crippen molar-refractivity contribution in [2.45, 2.75) is 76.5 Å². The molecule has 0 aromatic heterocycles. The number of nitrogens with one attached hydrogen (secondary N) is 1. The van der Waals surface area contributed by atoms with E-state index in [1.807, 2.05) is 34.9 Å². The van der Waals surface area contributed by atoms with Crippen molar-refractivity contribution in [1.82, 2.24) is 4.84 Å². The maximum absolute atomic E-state index is 12.9. The molecule has 0 saturated heterocycles. The summed E-state index contributed by atoms with van der Waals surface area (Å²) in [5.74, 6) is 0. The minimum absolute atomic E-state index is 0.155. The van der Waals surface area contributed by atoms with Gasteiger partial charge in [-0.1, -0.05) is 43.9 Å². The summed E-state index contributed by atoms with van der Waals surface area (Å²) >= 11 is 5.89. The Hall–Kier alpha value is -0.700. The fourth-order valence-corrected chi connectivity index (χ4v) is 4.21. The molecule has 0 amide bonds. The van der Waals surface area contributed by atoms with Crippen LogP contribution in [0.15, 0.2) is 29.2 Å². The van der Waals surface area contributed by atoms with Gasteiger partial charge in [0.05, 0.1) is 25.6 Å². The van der Waals surface area contributed by atoms with Gasteiger partial charge in [-0.25, -0.2) is 9.02 Å². The zero-order chi connectivity index (χ0) is 22.8. The van der Waals surface area contributed by atoms with E-state index in [1.165, 1.54) is 19.3 Å². The van der Waals surface area contributed by atoms with E-state index < -0.39 is 21.9 Å². The van der Waals surface area contributed by atoms with E-state index in [-0.39, 0.29) is 4.90 Å². The SMILES string of the molecule is CCCCCCOCC[N+](C)(C)C(CC(C)(C)NCl)OS(=O)(=O)c1ccc(C)cc1. The van der Waals surface area contributed by atoms with Crippen LogP contribution in [0.1, 0.15) is 58.4 Å². The Balaban J connectivity index is 2.86. The predicted molar refractivity (Wildman–Crippen MR) is 123 cm³/mol. The molecule has 6 nitrogen and oxygen atoms in total. The van der Waals surface area contributed by atoms with Gasteiger partial charge in [-0.05, 0) is 51.1 Å². The van der Waals surface area contributed by atoms with E-state index in [2.05, 4.69) is 11.8 Å². The predicted octanol–water partition coefficient (Wildman–Crippen LogP) is 4.61. The molecule has 0 bridgehead atoms. The molecule has 8 heteroatoms. The van der Waals surface area contributed by atoms with Crippen molar-refractivity contribution in [2.75, 3.05) is 33.9 Å². The number of nitrogens with zero attached hydrogens (tertiary/aromatic N) is 1. The van der Waals surface area contributed by atoms with Crippen LogP contribution in [0.4, 0.5) is 0 Å². The number of hydrogen-bond donors (Lipinski definition) is 1. The fourth-order valence-electron chi connectivity index (χ4n) is 2.96. The van der Waals surface area contributed by atoms with E-state index in [1.54, 1.807) is 24.3 Å². The molecule has 0 saturated carbocycles. The molecular weight excluding hydrogens is 424 g/mol. The van der Waals surface area contributed by atoms with Crippen molar-refractivity contribution in [3.8, 4) is 0 Å². The second kappa shape index (κ2) is 12.4. The highest BCUT2D eigenvalue weighted by molar-refractivity contribution is 7.86. The first kappa shape index (κ1) is 27.3. The number of quaternary nitrogens is 1. The van der Waals surface area contributed by atoms with E-state index in [0.29, 0.717) is 24.1 Å². The lowest BCUT2D eigenvalue weighted by Gasteiger charge is -2.40. The van der Waals surface area contributed by atoms with Crippen molar-refractivity contribution < 1.29 is 21.8 Å². The van der Waals surface area contributed by atoms with Crippen LogP contribution in [0.3, 0.4) is 0 Å². The van der Waals surface area contributed by atoms with Crippen molar-refractivity contribution >= 4 is 21.9 Å². The van der Waals surface area contributed by atoms with E-state index >= 15 is 0 Å². The number of unbranched alkanes of at least 4 members (excludes halogenated alkanes) is 3. The quantitative estimate of drug-likeness (QED) is 0.135. The van der Waals surface area contributed by atoms with Gasteiger partial charge in [0.1, 0.15) is 6.54 Å². The first-order valence-corrected chi connectivity index (χ1v) is 12.5. The fraction of sp³-hybridized carbons (Fsp3) is 0.727. The third kappa shape index (κ3) is 9.62. The highest BCUT2D eigenvalue weighted by Crippen LogP contribution is 2.25. The van der Waals surface area contributed by atoms with Gasteiger partial charge >= 0.3 is 10.1 Å². The molecule has 30 heavy (non-hydrogen) atoms. The Morgan fingerprint density at radius 3 is 2.30 bits per heavy atom. The number of aryl methyl sites for hydroxylation is 1. The summed E-state index contributed by atoms with van der Waals surface area (Å²) in [6.45, 7) is 9.82. The summed E-state index contributed by atoms with van der Waals surface area (Å²) in [7, 11) is 0.00398. The van der Waals surface area contributed by atoms with E-state index in [4.69, 9.17) is 20.7 Å². The maximum Gasteiger partial charge on any atom is 0.301 e. The Bertz CT molecular complexity index is 721. The van der Waals surface area contributed by atoms with Gasteiger partial charge in [0, 0.05) is 18.6 Å². The molecule has 1 unspecified atom stereocenters. The monoisotopic (exact) mass is 463 g/mol. The van der Waals surface area contributed by atoms with Crippen LogP contribution in [0.5, 0.6) is 0 Å². The largest absolute Gasteiger partial charge is 0.376 e. The van der Waals surface area contributed by atoms with Gasteiger partial charge in [-0.15, -0.1) is 0 Å². The highest BCUT2D eigenvalue weighted by atomic mass is 35.5. The number of benzene rings is 1. The lowest BCUT2D eigenvalue weighted by atomic mass is 10.0. The molecule has 1 aromatic carbocycles. The van der Waals surface area contributed by atoms with Crippen LogP contribution in [0, 0.1) is 6.92 Å². The Kier molecular flexibility index (Phi) is 11.3. The molecule has 0 spiro atoms. The molecule has 1 rings (SSSR count). The molecular formula is C22H40ClN2O4S+. The van der Waals surface area contributed by atoms with Gasteiger partial charge in [0.15, 0.2) is 0 Å². The number of hydrogen-bond acceptors (Lipinski definition) is 5. The first-order valence-electron chi connectivity index (χ1n) is 10.7. The van der Waals surface area contributed by atoms with Crippen LogP contribution in [0.25, 0.3) is 0 Å². The minimum atomic E-state index is -3.91. The van der Waals surface area contributed by atoms with Gasteiger partial charge in [-0.2, -0.15) is 8.42 Å². The zero-order valence-corrected chi connectivity index (χ0v) is 21.0. The van der Waals surface area contributed by atoms with Crippen LogP contribution in [0.2, 0.25) is 0 Å². The van der Waals surface area contributed by atoms with Crippen LogP contribution in [-0.4, -0.2) is 58.5 Å². The average Bonchev–Trinajstić information content (AvgIpc) is 2.66. The van der Waals surface area contributed by atoms with Crippen LogP contribution in [-0.2, 0) is 19.0 Å². The Labute approximate surface area is 188 Å². The Morgan fingerprint density at radius 1 is 1.10 bits per heavy atom. The summed E-state index contributed by atoms with van der Waals surface area (Å²) in [6.07, 6.45) is 4.42. The number of halogens is 1. The lowest BCUT2D eigenvalue weighted by molar-refractivity contribution is -0.934. The maximum atomic E-state index is 12.9. The van der Waals surface area contributed by atoms with E-state index in [9.17, 15) is 8.42 Å². The van der Waals surface area contributed by atoms with Crippen molar-refractivity contribution in [2.24, 2.45) is 0 Å². The normalized spacial score (nSPS) is 14.1. The first-order chi connectivity index (χ1) is 13.9. The van der Waals surface area contributed by atoms with Gasteiger partial charge in [0.2, 0.25) is 6.23 Å². The molecule has 0 fully saturated rings. The van der Waals surface area contributed by atoms with E-state index in [0.717, 1.165) is 18.6 Å². The molecule has 0 radical (unpaired) electrons. The standard InChI is InChI=1S/C22H40ClN2O4S/c1-7-8-9-10-16-28-17-15-25(5,6)21(18-22(3,4)24-23)29-30(26,27)20-13-11-19(2)12-14-20/h11-14,21,24H,7-10,15-18H2,1-6H3/q+1. The van der Waals surface area contributed by atoms with Crippen molar-refractivity contribution in [1.29, 1.82) is 0 Å². The molecule has 1 atom stereocenters. The molecule has 174 valence electrons. The summed E-state index contributed by atoms with van der Waals surface area (Å²) in [6, 6.07) is 6.68. The average molecular weight is 464 g/mol. The topological polar surface area (TPSA) is 64.6 Å². The second-order valence-electron chi connectivity index (χ2n) is 9.18. The van der Waals surface area contributed by atoms with Crippen molar-refractivity contribution in [3.05, 3.63) is 29.8 Å². The summed E-state index contributed by atoms with van der Waals surface area (Å²) in [4.78, 5) is 2.88. The number of ether oxygens (including phenoxy) is 1. The molecule has 0 heterocycles. The van der Waals surface area contributed by atoms with Gasteiger partial charge in [0.25, 0.3) is 0 Å². The molecule has 0 aliphatic rings. The Morgan fingerprint density at radius 2 is 1.73 bits per heavy atom. The van der Waals surface area contributed by atoms with Crippen LogP contribution < -0.4 is 4.84 Å². The molecule has 1 N–H and O–H groups in total. The van der Waals surface area contributed by atoms with Crippen molar-refractivity contribution in [3.63, 3.8) is 0 Å². The minimum Gasteiger partial charge on any atom is -0.376 e. The zero-order valence-electron chi connectivity index (χ0n) is 19.4. The molecule has 0 aliphatic carbocycles. The summed E-state index contributed by atoms with van der Waals surface area (Å²) in [5.41, 5.74) is 0.483. The smallest absolute Gasteiger partial charge is 0.301 e. The third-order valence-corrected chi connectivity index (χ3v) is 7.06. The highest BCUT2D eigenvalue weighted by Gasteiger charge is 2.38. The number of rotatable bonds is 15. The lowest BCUT2D eigenvalue weighted by Crippen LogP contribution is -2.56. The van der Waals surface area contributed by atoms with Crippen LogP contribution >= 0.6 is 11.8 Å². The summed E-state index contributed by atoms with van der Waals surface area (Å²) in [5, 5.41) is 0. The van der Waals surface area contributed by atoms with Gasteiger partial charge in [-0.3, -0.25) is 0 Å².